The molecule has 0 saturated heterocycles. The number of nitro groups is 1. The molecule has 2 rings (SSSR count). The Morgan fingerprint density at radius 2 is 2.19 bits per heavy atom. The van der Waals surface area contributed by atoms with E-state index in [1.807, 2.05) is 13.0 Å². The number of benzene rings is 1. The molecule has 0 fully saturated rings. The third-order valence-corrected chi connectivity index (χ3v) is 3.07. The smallest absolute Gasteiger partial charge is 0.311 e. The summed E-state index contributed by atoms with van der Waals surface area (Å²) in [6, 6.07) is 8.43. The first-order valence-corrected chi connectivity index (χ1v) is 6.37. The summed E-state index contributed by atoms with van der Waals surface area (Å²) in [4.78, 5) is 14.6. The van der Waals surface area contributed by atoms with Crippen LogP contribution in [0.2, 0.25) is 0 Å². The molecule has 0 bridgehead atoms. The van der Waals surface area contributed by atoms with Crippen molar-refractivity contribution >= 4 is 5.69 Å². The number of ether oxygens (including phenoxy) is 1. The molecule has 6 heteroatoms. The normalized spacial score (nSPS) is 9.95. The molecule has 0 aliphatic carbocycles. The Hall–Kier alpha value is -2.94. The summed E-state index contributed by atoms with van der Waals surface area (Å²) in [7, 11) is 0. The molecule has 1 heterocycles. The molecule has 0 N–H and O–H groups in total. The number of hydrogen-bond acceptors (Lipinski definition) is 5. The predicted molar refractivity (Wildman–Crippen MR) is 76.2 cm³/mol. The van der Waals surface area contributed by atoms with E-state index in [9.17, 15) is 10.1 Å². The Balaban J connectivity index is 2.48. The molecule has 21 heavy (non-hydrogen) atoms. The Labute approximate surface area is 121 Å². The van der Waals surface area contributed by atoms with Crippen LogP contribution >= 0.6 is 0 Å². The SMILES string of the molecule is CCc1ccc(Oc2nccc(C)c2C#N)c([N+](=O)[O-])c1. The van der Waals surface area contributed by atoms with Crippen LogP contribution in [0, 0.1) is 28.4 Å². The van der Waals surface area contributed by atoms with E-state index in [4.69, 9.17) is 10.00 Å². The minimum atomic E-state index is -0.504. The lowest BCUT2D eigenvalue weighted by atomic mass is 10.1. The number of hydrogen-bond donors (Lipinski definition) is 0. The van der Waals surface area contributed by atoms with Gasteiger partial charge in [0.25, 0.3) is 0 Å². The zero-order valence-electron chi connectivity index (χ0n) is 11.7. The maximum absolute atomic E-state index is 11.1. The van der Waals surface area contributed by atoms with Crippen molar-refractivity contribution in [2.45, 2.75) is 20.3 Å². The van der Waals surface area contributed by atoms with Crippen molar-refractivity contribution in [2.24, 2.45) is 0 Å². The Morgan fingerprint density at radius 3 is 2.81 bits per heavy atom. The Bertz CT molecular complexity index is 735. The van der Waals surface area contributed by atoms with E-state index in [1.54, 1.807) is 19.1 Å². The van der Waals surface area contributed by atoms with E-state index in [2.05, 4.69) is 4.98 Å². The van der Waals surface area contributed by atoms with Gasteiger partial charge in [-0.15, -0.1) is 0 Å². The lowest BCUT2D eigenvalue weighted by molar-refractivity contribution is -0.385. The summed E-state index contributed by atoms with van der Waals surface area (Å²) >= 11 is 0. The van der Waals surface area contributed by atoms with Gasteiger partial charge in [0.2, 0.25) is 11.6 Å². The molecule has 1 aromatic carbocycles. The van der Waals surface area contributed by atoms with Crippen LogP contribution < -0.4 is 4.74 Å². The van der Waals surface area contributed by atoms with E-state index in [0.717, 1.165) is 5.56 Å². The Kier molecular flexibility index (Phi) is 4.14. The van der Waals surface area contributed by atoms with Crippen LogP contribution in [0.3, 0.4) is 0 Å². The average Bonchev–Trinajstić information content (AvgIpc) is 2.47. The molecular formula is C15H13N3O3. The summed E-state index contributed by atoms with van der Waals surface area (Å²) in [5.74, 6) is 0.150. The van der Waals surface area contributed by atoms with Gasteiger partial charge in [-0.25, -0.2) is 4.98 Å². The molecule has 0 aliphatic rings. The van der Waals surface area contributed by atoms with Crippen LogP contribution in [0.4, 0.5) is 5.69 Å². The van der Waals surface area contributed by atoms with E-state index >= 15 is 0 Å². The molecule has 0 radical (unpaired) electrons. The van der Waals surface area contributed by atoms with Gasteiger partial charge >= 0.3 is 5.69 Å². The quantitative estimate of drug-likeness (QED) is 0.632. The molecule has 106 valence electrons. The number of nitrogens with zero attached hydrogens (tertiary/aromatic N) is 3. The molecule has 1 aromatic heterocycles. The number of nitriles is 1. The second kappa shape index (κ2) is 6.01. The van der Waals surface area contributed by atoms with Crippen molar-refractivity contribution in [3.05, 3.63) is 57.3 Å². The third kappa shape index (κ3) is 2.98. The van der Waals surface area contributed by atoms with Crippen LogP contribution in [0.15, 0.2) is 30.5 Å². The van der Waals surface area contributed by atoms with Crippen LogP contribution in [0.5, 0.6) is 11.6 Å². The van der Waals surface area contributed by atoms with Crippen LogP contribution in [0.25, 0.3) is 0 Å². The minimum Gasteiger partial charge on any atom is -0.430 e. The summed E-state index contributed by atoms with van der Waals surface area (Å²) in [6.45, 7) is 3.66. The van der Waals surface area contributed by atoms with Crippen molar-refractivity contribution in [1.29, 1.82) is 5.26 Å². The highest BCUT2D eigenvalue weighted by Gasteiger charge is 2.18. The van der Waals surface area contributed by atoms with Crippen LogP contribution in [-0.4, -0.2) is 9.91 Å². The molecule has 0 saturated carbocycles. The fourth-order valence-corrected chi connectivity index (χ4v) is 1.86. The van der Waals surface area contributed by atoms with Crippen molar-refractivity contribution in [3.8, 4) is 17.7 Å². The monoisotopic (exact) mass is 283 g/mol. The Morgan fingerprint density at radius 1 is 1.43 bits per heavy atom. The fourth-order valence-electron chi connectivity index (χ4n) is 1.86. The summed E-state index contributed by atoms with van der Waals surface area (Å²) in [5, 5.41) is 20.3. The van der Waals surface area contributed by atoms with Gasteiger partial charge in [-0.2, -0.15) is 5.26 Å². The van der Waals surface area contributed by atoms with Gasteiger partial charge in [0.15, 0.2) is 0 Å². The number of aryl methyl sites for hydroxylation is 2. The molecule has 0 amide bonds. The second-order valence-electron chi connectivity index (χ2n) is 4.43. The van der Waals surface area contributed by atoms with Crippen molar-refractivity contribution < 1.29 is 9.66 Å². The first-order chi connectivity index (χ1) is 10.1. The number of aromatic nitrogens is 1. The highest BCUT2D eigenvalue weighted by Crippen LogP contribution is 2.33. The van der Waals surface area contributed by atoms with Crippen LogP contribution in [0.1, 0.15) is 23.6 Å². The number of nitro benzene ring substituents is 1. The topological polar surface area (TPSA) is 89.0 Å². The zero-order valence-corrected chi connectivity index (χ0v) is 11.7. The highest BCUT2D eigenvalue weighted by molar-refractivity contribution is 5.52. The first kappa shape index (κ1) is 14.5. The van der Waals surface area contributed by atoms with Crippen molar-refractivity contribution in [1.82, 2.24) is 4.98 Å². The largest absolute Gasteiger partial charge is 0.430 e. The van der Waals surface area contributed by atoms with E-state index in [-0.39, 0.29) is 22.9 Å². The van der Waals surface area contributed by atoms with E-state index < -0.39 is 4.92 Å². The minimum absolute atomic E-state index is 0.0739. The van der Waals surface area contributed by atoms with Gasteiger partial charge in [-0.3, -0.25) is 10.1 Å². The average molecular weight is 283 g/mol. The predicted octanol–water partition coefficient (Wildman–Crippen LogP) is 3.52. The van der Waals surface area contributed by atoms with Crippen molar-refractivity contribution in [3.63, 3.8) is 0 Å². The third-order valence-electron chi connectivity index (χ3n) is 3.07. The summed E-state index contributed by atoms with van der Waals surface area (Å²) < 4.78 is 5.50. The van der Waals surface area contributed by atoms with Gasteiger partial charge in [0.1, 0.15) is 11.6 Å². The molecule has 0 unspecified atom stereocenters. The molecule has 0 spiro atoms. The maximum atomic E-state index is 11.1. The van der Waals surface area contributed by atoms with Gasteiger partial charge in [-0.1, -0.05) is 13.0 Å². The first-order valence-electron chi connectivity index (χ1n) is 6.37. The standard InChI is InChI=1S/C15H13N3O3/c1-3-11-4-5-14(13(8-11)18(19)20)21-15-12(9-16)10(2)6-7-17-15/h4-8H,3H2,1-2H3. The molecular weight excluding hydrogens is 270 g/mol. The van der Waals surface area contributed by atoms with Gasteiger partial charge < -0.3 is 4.74 Å². The summed E-state index contributed by atoms with van der Waals surface area (Å²) in [6.07, 6.45) is 2.19. The zero-order chi connectivity index (χ0) is 15.4. The maximum Gasteiger partial charge on any atom is 0.311 e. The number of pyridine rings is 1. The molecule has 0 aliphatic heterocycles. The highest BCUT2D eigenvalue weighted by atomic mass is 16.6. The summed E-state index contributed by atoms with van der Waals surface area (Å²) in [5.41, 5.74) is 1.68. The van der Waals surface area contributed by atoms with Gasteiger partial charge in [0.05, 0.1) is 4.92 Å². The van der Waals surface area contributed by atoms with Gasteiger partial charge in [0, 0.05) is 12.3 Å². The van der Waals surface area contributed by atoms with Crippen LogP contribution in [-0.2, 0) is 6.42 Å². The molecule has 6 nitrogen and oxygen atoms in total. The molecule has 0 atom stereocenters. The number of rotatable bonds is 4. The lowest BCUT2D eigenvalue weighted by Crippen LogP contribution is -1.98. The van der Waals surface area contributed by atoms with Gasteiger partial charge in [-0.05, 0) is 36.6 Å². The van der Waals surface area contributed by atoms with E-state index in [0.29, 0.717) is 12.0 Å². The van der Waals surface area contributed by atoms with E-state index in [1.165, 1.54) is 18.3 Å². The second-order valence-corrected chi connectivity index (χ2v) is 4.43. The molecule has 2 aromatic rings. The van der Waals surface area contributed by atoms with Crippen molar-refractivity contribution in [2.75, 3.05) is 0 Å². The lowest BCUT2D eigenvalue weighted by Gasteiger charge is -2.08. The fraction of sp³-hybridized carbons (Fsp3) is 0.200.